The van der Waals surface area contributed by atoms with Crippen molar-refractivity contribution >= 4 is 15.6 Å². The molecular weight excluding hydrogens is 1840 g/mol. The number of hydrogen-bond donors (Lipinski definition) is 0. The first-order chi connectivity index (χ1) is 73.9. The number of ketones is 1. The lowest BCUT2D eigenvalue weighted by Gasteiger charge is -2.39. The Hall–Kier alpha value is -2.97. The molecule has 149 heavy (non-hydrogen) atoms. The van der Waals surface area contributed by atoms with Crippen LogP contribution < -0.4 is 9.47 Å². The zero-order chi connectivity index (χ0) is 105. The maximum atomic E-state index is 14.3. The maximum absolute atomic E-state index is 14.3. The largest absolute Gasteiger partial charge is 0.486 e. The van der Waals surface area contributed by atoms with E-state index in [1.54, 1.807) is 24.3 Å². The molecule has 2 saturated heterocycles. The lowest BCUT2D eigenvalue weighted by atomic mass is 9.96. The molecule has 868 valence electrons. The van der Waals surface area contributed by atoms with Gasteiger partial charge in [-0.15, -0.1) is 0 Å². The average molecular weight is 2100 g/mol. The van der Waals surface area contributed by atoms with E-state index in [1.807, 2.05) is 18.2 Å². The van der Waals surface area contributed by atoms with Gasteiger partial charge in [0, 0.05) is 38.3 Å². The Morgan fingerprint density at radius 1 is 0.248 bits per heavy atom. The minimum absolute atomic E-state index is 0.0573. The number of sulfone groups is 1. The summed E-state index contributed by atoms with van der Waals surface area (Å²) in [5.41, 5.74) is 1.12. The van der Waals surface area contributed by atoms with E-state index in [9.17, 15) is 18.5 Å². The second kappa shape index (κ2) is 108. The van der Waals surface area contributed by atoms with Gasteiger partial charge in [-0.05, 0) is 74.2 Å². The van der Waals surface area contributed by atoms with Crippen LogP contribution in [0.15, 0.2) is 47.4 Å². The molecule has 0 saturated carbocycles. The van der Waals surface area contributed by atoms with E-state index in [0.29, 0.717) is 81.0 Å². The van der Waals surface area contributed by atoms with Gasteiger partial charge in [-0.1, -0.05) is 706 Å². The highest BCUT2D eigenvalue weighted by Crippen LogP contribution is 2.34. The van der Waals surface area contributed by atoms with Crippen molar-refractivity contribution in [2.24, 2.45) is 5.92 Å². The number of nitriles is 1. The van der Waals surface area contributed by atoms with Crippen molar-refractivity contribution in [3.8, 4) is 17.6 Å². The molecule has 3 heterocycles. The SMILES string of the molecule is N#Cc1ccc(S(=O)(=O)CCCN2CC3CCCCCCCCCCCCCCCCCCCCCCCCCCCCCCCCCCCCCCCCCCCCCCCCCCCCCCCCCCCCCCCCCCCCCCCCCCCCCCCCCCCCCCCCCCCCCCCCCCCCCCCCCCCCCCCCCOC(C2)CN(CC(=O)c2ccc4c(c2)OCCO4)C3)cc1. The first kappa shape index (κ1) is 136. The van der Waals surface area contributed by atoms with Gasteiger partial charge in [0.05, 0.1) is 34.9 Å². The molecule has 10 heteroatoms. The molecule has 0 spiro atoms. The van der Waals surface area contributed by atoms with Crippen molar-refractivity contribution in [2.45, 2.75) is 737 Å². The van der Waals surface area contributed by atoms with Crippen molar-refractivity contribution < 1.29 is 27.4 Å². The quantitative estimate of drug-likeness (QED) is 0.239. The molecule has 2 aromatic rings. The van der Waals surface area contributed by atoms with Crippen LogP contribution in [0.5, 0.6) is 11.5 Å². The predicted octanol–water partition coefficient (Wildman–Crippen LogP) is 45.7. The van der Waals surface area contributed by atoms with Gasteiger partial charge in [-0.25, -0.2) is 8.42 Å². The van der Waals surface area contributed by atoms with Gasteiger partial charge in [0.2, 0.25) is 0 Å². The van der Waals surface area contributed by atoms with Crippen LogP contribution in [0.4, 0.5) is 0 Å². The van der Waals surface area contributed by atoms with Gasteiger partial charge >= 0.3 is 0 Å². The molecule has 0 aliphatic carbocycles. The van der Waals surface area contributed by atoms with Gasteiger partial charge < -0.3 is 19.1 Å². The minimum atomic E-state index is -3.52. The highest BCUT2D eigenvalue weighted by molar-refractivity contribution is 7.91. The topological polar surface area (TPSA) is 109 Å². The summed E-state index contributed by atoms with van der Waals surface area (Å²) in [5, 5.41) is 9.41. The molecule has 3 aliphatic rings. The minimum Gasteiger partial charge on any atom is -0.486 e. The van der Waals surface area contributed by atoms with Gasteiger partial charge in [-0.3, -0.25) is 9.69 Å². The van der Waals surface area contributed by atoms with E-state index >= 15 is 0 Å². The van der Waals surface area contributed by atoms with Gasteiger partial charge in [-0.2, -0.15) is 5.26 Å². The fraction of sp³-hybridized carbons (Fsp3) is 0.899. The number of Topliss-reactive ketones (excluding diaryl/α,β-unsaturated/α-hetero) is 1. The Balaban J connectivity index is 0.880. The molecular formula is C139H255N3O6S. The molecule has 2 aromatic carbocycles. The molecule has 0 amide bonds. The highest BCUT2D eigenvalue weighted by atomic mass is 32.2. The standard InChI is InChI=1S/C139H255N3O6S/c140-126-132-114-117-136(118-115-132)149(144,145)124-112-120-141-127-133-113-110-108-106-104-102-100-98-96-94-92-90-88-86-84-82-80-78-76-74-72-70-68-66-64-62-60-58-56-54-52-50-48-46-44-42-40-38-36-34-32-30-28-26-24-22-20-18-16-14-12-10-8-6-4-2-1-3-5-7-9-11-13-15-17-19-21-23-25-27-29-31-33-35-37-39-41-43-45-47-49-51-53-55-57-59-61-63-65-67-69-71-73-75-77-79-81-83-85-87-89-91-93-95-97-99-101-103-105-107-109-111-121-146-135(129-141)130-142(128-133)131-137(143)134-116-119-138-139(125-134)148-123-122-147-138/h114-119,125,133,135H,1-113,120-124,127-131H2. The normalized spacial score (nSPS) is 23.5. The molecule has 2 unspecified atom stereocenters. The van der Waals surface area contributed by atoms with Crippen LogP contribution in [-0.4, -0.2) is 94.9 Å². The Morgan fingerprint density at radius 2 is 0.456 bits per heavy atom. The van der Waals surface area contributed by atoms with E-state index in [2.05, 4.69) is 15.9 Å². The summed E-state index contributed by atoms with van der Waals surface area (Å²) in [7, 11) is -3.52. The van der Waals surface area contributed by atoms with Crippen molar-refractivity contribution in [1.29, 1.82) is 5.26 Å². The third-order valence-corrected chi connectivity index (χ3v) is 36.8. The van der Waals surface area contributed by atoms with Crippen molar-refractivity contribution in [3.63, 3.8) is 0 Å². The van der Waals surface area contributed by atoms with E-state index in [4.69, 9.17) is 14.2 Å². The zero-order valence-electron chi connectivity index (χ0n) is 99.9. The zero-order valence-corrected chi connectivity index (χ0v) is 101. The number of hydrogen-bond acceptors (Lipinski definition) is 9. The van der Waals surface area contributed by atoms with Gasteiger partial charge in [0.15, 0.2) is 27.1 Å². The molecule has 0 radical (unpaired) electrons. The van der Waals surface area contributed by atoms with Gasteiger partial charge in [0.1, 0.15) is 13.2 Å². The maximum Gasteiger partial charge on any atom is 0.178 e. The number of nitrogens with zero attached hydrogens (tertiary/aromatic N) is 3. The summed E-state index contributed by atoms with van der Waals surface area (Å²) in [6.07, 6.45) is 162. The van der Waals surface area contributed by atoms with Crippen LogP contribution in [0, 0.1) is 17.2 Å². The molecule has 2 bridgehead atoms. The summed E-state index contributed by atoms with van der Waals surface area (Å²) in [5.74, 6) is 1.83. The Morgan fingerprint density at radius 3 is 0.691 bits per heavy atom. The third kappa shape index (κ3) is 88.6. The molecule has 3 aliphatic heterocycles. The first-order valence-electron chi connectivity index (χ1n) is 68.6. The summed E-state index contributed by atoms with van der Waals surface area (Å²) < 4.78 is 46.0. The summed E-state index contributed by atoms with van der Waals surface area (Å²) in [6, 6.07) is 14.1. The van der Waals surface area contributed by atoms with Gasteiger partial charge in [0.25, 0.3) is 0 Å². The second-order valence-electron chi connectivity index (χ2n) is 49.4. The molecule has 2 fully saturated rings. The monoisotopic (exact) mass is 2090 g/mol. The van der Waals surface area contributed by atoms with E-state index < -0.39 is 9.84 Å². The summed E-state index contributed by atoms with van der Waals surface area (Å²) in [4.78, 5) is 19.5. The van der Waals surface area contributed by atoms with E-state index in [0.717, 1.165) is 38.8 Å². The van der Waals surface area contributed by atoms with Crippen LogP contribution in [0.1, 0.15) is 741 Å². The summed E-state index contributed by atoms with van der Waals surface area (Å²) >= 11 is 0. The Kier molecular flexibility index (Phi) is 98.8. The first-order valence-corrected chi connectivity index (χ1v) is 70.3. The molecule has 0 aromatic heterocycles. The Labute approximate surface area is 930 Å². The number of carbonyl (C=O) groups is 1. The van der Waals surface area contributed by atoms with Crippen LogP contribution in [0.25, 0.3) is 0 Å². The summed E-state index contributed by atoms with van der Waals surface area (Å²) in [6.45, 7) is 5.70. The predicted molar refractivity (Wildman–Crippen MR) is 653 cm³/mol. The smallest absolute Gasteiger partial charge is 0.178 e. The van der Waals surface area contributed by atoms with Crippen molar-refractivity contribution in [3.05, 3.63) is 53.6 Å². The average Bonchev–Trinajstić information content (AvgIpc) is 0.830. The second-order valence-corrected chi connectivity index (χ2v) is 51.5. The van der Waals surface area contributed by atoms with Crippen LogP contribution in [0.3, 0.4) is 0 Å². The lowest BCUT2D eigenvalue weighted by Crippen LogP contribution is -2.50. The lowest BCUT2D eigenvalue weighted by molar-refractivity contribution is -0.0171. The van der Waals surface area contributed by atoms with Crippen molar-refractivity contribution in [2.75, 3.05) is 64.8 Å². The Bertz CT molecular complexity index is 3070. The number of fused-ring (bicyclic) bond motifs is 5. The highest BCUT2D eigenvalue weighted by Gasteiger charge is 2.30. The van der Waals surface area contributed by atoms with Crippen LogP contribution >= 0.6 is 0 Å². The van der Waals surface area contributed by atoms with E-state index in [-0.39, 0.29) is 22.5 Å². The number of carbonyl (C=O) groups excluding carboxylic acids is 1. The number of benzene rings is 2. The van der Waals surface area contributed by atoms with Crippen LogP contribution in [-0.2, 0) is 14.6 Å². The fourth-order valence-corrected chi connectivity index (χ4v) is 26.4. The van der Waals surface area contributed by atoms with Crippen molar-refractivity contribution in [1.82, 2.24) is 9.80 Å². The number of rotatable bonds is 8. The molecule has 2 atom stereocenters. The molecule has 5 rings (SSSR count). The molecule has 9 nitrogen and oxygen atoms in total. The molecule has 0 N–H and O–H groups in total. The van der Waals surface area contributed by atoms with Crippen LogP contribution in [0.2, 0.25) is 0 Å². The number of ether oxygens (including phenoxy) is 3. The third-order valence-electron chi connectivity index (χ3n) is 35.0. The van der Waals surface area contributed by atoms with E-state index in [1.165, 1.54) is 693 Å². The fourth-order valence-electron chi connectivity index (χ4n) is 25.1.